The second kappa shape index (κ2) is 22.3. The molecule has 7 amide bonds. The number of guanidine groups is 2. The molecule has 16 N–H and O–H groups in total. The van der Waals surface area contributed by atoms with E-state index >= 15 is 0 Å². The lowest BCUT2D eigenvalue weighted by Gasteiger charge is -2.25. The predicted molar refractivity (Wildman–Crippen MR) is 191 cm³/mol. The van der Waals surface area contributed by atoms with Crippen molar-refractivity contribution in [2.24, 2.45) is 38.7 Å². The van der Waals surface area contributed by atoms with Crippen LogP contribution in [0.15, 0.2) is 9.98 Å². The lowest BCUT2D eigenvalue weighted by molar-refractivity contribution is -0.133. The number of primary amides is 1. The third kappa shape index (κ3) is 16.3. The molecule has 2 heterocycles. The van der Waals surface area contributed by atoms with Crippen molar-refractivity contribution >= 4 is 59.2 Å². The van der Waals surface area contributed by atoms with Gasteiger partial charge in [-0.2, -0.15) is 11.8 Å². The standard InChI is InChI=1S/C30H55N13O6S/c1-17(44)36-13-5-4-8-18(25(31)46)40-27(48)20(10-7-15-38-29(34)35)41-26(47)19(9-6-14-37-28(32)33)39-23(45)12-3-2-11-22-24-21(16-50-22)42-30(49)43-24/h18-22,24H,2-16H2,1H3,(H2,31,46)(H,36,44)(H,39,45)(H,40,48)(H,41,47)(H4,32,33,37)(H4,34,35,38)(H2,42,43,49)/t18-,19-,20-,21-,22-,24-/m0/s1. The number of unbranched alkanes of at least 4 members (excludes halogenated alkanes) is 2. The van der Waals surface area contributed by atoms with E-state index in [1.807, 2.05) is 0 Å². The molecule has 0 aromatic carbocycles. The molecule has 2 saturated heterocycles. The molecular weight excluding hydrogens is 670 g/mol. The fourth-order valence-electron chi connectivity index (χ4n) is 5.65. The molecular formula is C30H55N13O6S. The Balaban J connectivity index is 2.03. The topological polar surface area (TPSA) is 329 Å². The molecule has 2 aliphatic heterocycles. The number of nitrogens with two attached hydrogens (primary N) is 5. The number of hydrogen-bond donors (Lipinski definition) is 11. The maximum absolute atomic E-state index is 13.6. The highest BCUT2D eigenvalue weighted by Gasteiger charge is 2.42. The van der Waals surface area contributed by atoms with Crippen LogP contribution < -0.4 is 60.6 Å². The van der Waals surface area contributed by atoms with Crippen molar-refractivity contribution in [3.8, 4) is 0 Å². The SMILES string of the molecule is CC(=O)NCCCC[C@H](NC(=O)[C@H](CCCN=C(N)N)NC(=O)[C@H](CCCN=C(N)N)NC(=O)CCCC[C@@H]1SC[C@@H]2NC(=O)N[C@@H]21)C(N)=O. The van der Waals surface area contributed by atoms with Gasteiger partial charge in [-0.05, 0) is 57.8 Å². The highest BCUT2D eigenvalue weighted by atomic mass is 32.2. The Morgan fingerprint density at radius 2 is 1.36 bits per heavy atom. The molecule has 20 heteroatoms. The molecule has 282 valence electrons. The largest absolute Gasteiger partial charge is 0.370 e. The number of nitrogens with zero attached hydrogens (tertiary/aromatic N) is 2. The molecule has 2 rings (SSSR count). The summed E-state index contributed by atoms with van der Waals surface area (Å²) in [7, 11) is 0. The number of rotatable bonds is 24. The number of thioether (sulfide) groups is 1. The van der Waals surface area contributed by atoms with Crippen LogP contribution in [-0.2, 0) is 24.0 Å². The smallest absolute Gasteiger partial charge is 0.315 e. The van der Waals surface area contributed by atoms with Crippen molar-refractivity contribution in [2.75, 3.05) is 25.4 Å². The second-order valence-corrected chi connectivity index (χ2v) is 13.7. The summed E-state index contributed by atoms with van der Waals surface area (Å²) < 4.78 is 0. The number of aliphatic imine (C=N–C) groups is 2. The van der Waals surface area contributed by atoms with Crippen LogP contribution in [0.5, 0.6) is 0 Å². The molecule has 6 atom stereocenters. The van der Waals surface area contributed by atoms with Crippen LogP contribution in [0.1, 0.15) is 77.6 Å². The Bertz CT molecular complexity index is 1230. The van der Waals surface area contributed by atoms with Gasteiger partial charge in [0.1, 0.15) is 18.1 Å². The van der Waals surface area contributed by atoms with Gasteiger partial charge in [-0.1, -0.05) is 6.42 Å². The first-order chi connectivity index (χ1) is 23.8. The number of urea groups is 1. The third-order valence-electron chi connectivity index (χ3n) is 8.21. The van der Waals surface area contributed by atoms with Gasteiger partial charge in [0, 0.05) is 44.0 Å². The Hall–Kier alpha value is -4.49. The predicted octanol–water partition coefficient (Wildman–Crippen LogP) is -2.93. The van der Waals surface area contributed by atoms with E-state index in [2.05, 4.69) is 41.9 Å². The van der Waals surface area contributed by atoms with Crippen molar-refractivity contribution in [2.45, 2.75) is 113 Å². The van der Waals surface area contributed by atoms with Crippen molar-refractivity contribution in [1.29, 1.82) is 0 Å². The molecule has 0 aromatic heterocycles. The molecule has 2 aliphatic rings. The zero-order valence-corrected chi connectivity index (χ0v) is 29.5. The van der Waals surface area contributed by atoms with Crippen LogP contribution in [0, 0.1) is 0 Å². The normalized spacial score (nSPS) is 19.4. The van der Waals surface area contributed by atoms with E-state index in [4.69, 9.17) is 28.7 Å². The minimum Gasteiger partial charge on any atom is -0.370 e. The average Bonchev–Trinajstić information content (AvgIpc) is 3.59. The highest BCUT2D eigenvalue weighted by Crippen LogP contribution is 2.33. The zero-order valence-electron chi connectivity index (χ0n) is 28.7. The Kier molecular flexibility index (Phi) is 18.6. The van der Waals surface area contributed by atoms with E-state index in [0.717, 1.165) is 18.6 Å². The first kappa shape index (κ1) is 41.7. The number of fused-ring (bicyclic) bond motifs is 1. The molecule has 0 unspecified atom stereocenters. The number of hydrogen-bond acceptors (Lipinski definition) is 9. The van der Waals surface area contributed by atoms with Crippen LogP contribution in [0.4, 0.5) is 4.79 Å². The molecule has 19 nitrogen and oxygen atoms in total. The summed E-state index contributed by atoms with van der Waals surface area (Å²) in [5, 5.41) is 16.9. The molecule has 0 bridgehead atoms. The van der Waals surface area contributed by atoms with E-state index < -0.39 is 35.8 Å². The van der Waals surface area contributed by atoms with Gasteiger partial charge in [-0.25, -0.2) is 4.79 Å². The fraction of sp³-hybridized carbons (Fsp3) is 0.733. The minimum atomic E-state index is -1.10. The van der Waals surface area contributed by atoms with Gasteiger partial charge < -0.3 is 60.6 Å². The second-order valence-electron chi connectivity index (χ2n) is 12.4. The van der Waals surface area contributed by atoms with Gasteiger partial charge in [0.15, 0.2) is 11.9 Å². The van der Waals surface area contributed by atoms with Crippen LogP contribution in [-0.4, -0.2) is 108 Å². The average molecular weight is 726 g/mol. The van der Waals surface area contributed by atoms with Gasteiger partial charge in [0.25, 0.3) is 0 Å². The van der Waals surface area contributed by atoms with Gasteiger partial charge >= 0.3 is 6.03 Å². The van der Waals surface area contributed by atoms with Crippen molar-refractivity contribution < 1.29 is 28.8 Å². The van der Waals surface area contributed by atoms with E-state index in [0.29, 0.717) is 38.6 Å². The van der Waals surface area contributed by atoms with E-state index in [1.54, 1.807) is 11.8 Å². The summed E-state index contributed by atoms with van der Waals surface area (Å²) in [4.78, 5) is 82.8. The summed E-state index contributed by atoms with van der Waals surface area (Å²) >= 11 is 1.80. The molecule has 0 saturated carbocycles. The maximum atomic E-state index is 13.6. The summed E-state index contributed by atoms with van der Waals surface area (Å²) in [6.45, 7) is 2.22. The van der Waals surface area contributed by atoms with Gasteiger partial charge in [0.05, 0.1) is 12.1 Å². The van der Waals surface area contributed by atoms with Gasteiger partial charge in [0.2, 0.25) is 29.5 Å². The summed E-state index contributed by atoms with van der Waals surface area (Å²) in [5.74, 6) is -1.88. The molecule has 50 heavy (non-hydrogen) atoms. The van der Waals surface area contributed by atoms with Crippen LogP contribution in [0.25, 0.3) is 0 Å². The molecule has 0 spiro atoms. The Morgan fingerprint density at radius 3 is 1.94 bits per heavy atom. The van der Waals surface area contributed by atoms with Crippen LogP contribution in [0.2, 0.25) is 0 Å². The molecule has 0 aliphatic carbocycles. The first-order valence-corrected chi connectivity index (χ1v) is 18.0. The van der Waals surface area contributed by atoms with E-state index in [-0.39, 0.29) is 85.9 Å². The van der Waals surface area contributed by atoms with Crippen molar-refractivity contribution in [3.05, 3.63) is 0 Å². The lowest BCUT2D eigenvalue weighted by atomic mass is 10.0. The zero-order chi connectivity index (χ0) is 37.1. The minimum absolute atomic E-state index is 0.0810. The van der Waals surface area contributed by atoms with Crippen LogP contribution >= 0.6 is 11.8 Å². The first-order valence-electron chi connectivity index (χ1n) is 17.0. The van der Waals surface area contributed by atoms with Crippen LogP contribution in [0.3, 0.4) is 0 Å². The molecule has 2 fully saturated rings. The van der Waals surface area contributed by atoms with Crippen molar-refractivity contribution in [3.63, 3.8) is 0 Å². The highest BCUT2D eigenvalue weighted by molar-refractivity contribution is 8.00. The lowest BCUT2D eigenvalue weighted by Crippen LogP contribution is -2.56. The number of carbonyl (C=O) groups excluding carboxylic acids is 6. The number of carbonyl (C=O) groups is 6. The van der Waals surface area contributed by atoms with E-state index in [1.165, 1.54) is 6.92 Å². The maximum Gasteiger partial charge on any atom is 0.315 e. The van der Waals surface area contributed by atoms with E-state index in [9.17, 15) is 28.8 Å². The quantitative estimate of drug-likeness (QED) is 0.0207. The number of nitrogens with one attached hydrogen (secondary N) is 6. The summed E-state index contributed by atoms with van der Waals surface area (Å²) in [6, 6.07) is -3.06. The Labute approximate surface area is 296 Å². The molecule has 0 aromatic rings. The fourth-order valence-corrected chi connectivity index (χ4v) is 7.20. The third-order valence-corrected chi connectivity index (χ3v) is 9.72. The number of amides is 7. The van der Waals surface area contributed by atoms with Crippen molar-refractivity contribution in [1.82, 2.24) is 31.9 Å². The monoisotopic (exact) mass is 725 g/mol. The molecule has 0 radical (unpaired) electrons. The summed E-state index contributed by atoms with van der Waals surface area (Å²) in [6.07, 6.45) is 4.63. The Morgan fingerprint density at radius 1 is 0.780 bits per heavy atom. The van der Waals surface area contributed by atoms with Gasteiger partial charge in [-0.15, -0.1) is 0 Å². The van der Waals surface area contributed by atoms with Gasteiger partial charge in [-0.3, -0.25) is 34.0 Å². The summed E-state index contributed by atoms with van der Waals surface area (Å²) in [5.41, 5.74) is 27.2.